The summed E-state index contributed by atoms with van der Waals surface area (Å²) in [6.45, 7) is 0.589. The first kappa shape index (κ1) is 12.9. The molecule has 0 atom stereocenters. The zero-order valence-electron chi connectivity index (χ0n) is 9.65. The molecule has 3 nitrogen and oxygen atoms in total. The largest absolute Gasteiger partial charge is 0.398 e. The Morgan fingerprint density at radius 1 is 1.39 bits per heavy atom. The molecular weight excluding hydrogens is 268 g/mol. The van der Waals surface area contributed by atoms with E-state index in [0.717, 1.165) is 6.42 Å². The number of rotatable bonds is 4. The number of halogens is 1. The minimum Gasteiger partial charge on any atom is -0.398 e. The number of nitrogen functional groups attached to an aromatic ring is 1. The molecule has 18 heavy (non-hydrogen) atoms. The lowest BCUT2D eigenvalue weighted by molar-refractivity contribution is 0.0955. The van der Waals surface area contributed by atoms with Crippen LogP contribution in [-0.4, -0.2) is 12.5 Å². The van der Waals surface area contributed by atoms with Crippen molar-refractivity contribution in [3.63, 3.8) is 0 Å². The monoisotopic (exact) mass is 280 g/mol. The molecule has 0 spiro atoms. The predicted octanol–water partition coefficient (Wildman–Crippen LogP) is 2.96. The van der Waals surface area contributed by atoms with Crippen molar-refractivity contribution in [2.75, 3.05) is 12.3 Å². The SMILES string of the molecule is Nc1ccc(Cl)cc1C(=O)NCCc1cccs1. The summed E-state index contributed by atoms with van der Waals surface area (Å²) in [6, 6.07) is 8.93. The highest BCUT2D eigenvalue weighted by Crippen LogP contribution is 2.17. The van der Waals surface area contributed by atoms with Crippen LogP contribution >= 0.6 is 22.9 Å². The first-order valence-corrected chi connectivity index (χ1v) is 6.78. The summed E-state index contributed by atoms with van der Waals surface area (Å²) >= 11 is 7.52. The van der Waals surface area contributed by atoms with Crippen LogP contribution in [0.1, 0.15) is 15.2 Å². The second kappa shape index (κ2) is 5.89. The standard InChI is InChI=1S/C13H13ClN2OS/c14-9-3-4-12(15)11(8-9)13(17)16-6-5-10-2-1-7-18-10/h1-4,7-8H,5-6,15H2,(H,16,17). The molecule has 0 bridgehead atoms. The van der Waals surface area contributed by atoms with E-state index in [0.29, 0.717) is 22.8 Å². The third-order valence-corrected chi connectivity index (χ3v) is 3.67. The van der Waals surface area contributed by atoms with Gasteiger partial charge in [-0.25, -0.2) is 0 Å². The van der Waals surface area contributed by atoms with Crippen molar-refractivity contribution in [1.29, 1.82) is 0 Å². The fourth-order valence-corrected chi connectivity index (χ4v) is 2.46. The molecule has 0 aliphatic heterocycles. The quantitative estimate of drug-likeness (QED) is 0.846. The summed E-state index contributed by atoms with van der Waals surface area (Å²) in [7, 11) is 0. The van der Waals surface area contributed by atoms with Crippen LogP contribution in [0, 0.1) is 0 Å². The van der Waals surface area contributed by atoms with E-state index in [4.69, 9.17) is 17.3 Å². The average molecular weight is 281 g/mol. The molecule has 2 aromatic rings. The van der Waals surface area contributed by atoms with E-state index in [-0.39, 0.29) is 5.91 Å². The van der Waals surface area contributed by atoms with Gasteiger partial charge < -0.3 is 11.1 Å². The molecule has 94 valence electrons. The molecule has 2 rings (SSSR count). The van der Waals surface area contributed by atoms with Crippen LogP contribution in [0.3, 0.4) is 0 Å². The fraction of sp³-hybridized carbons (Fsp3) is 0.154. The second-order valence-electron chi connectivity index (χ2n) is 3.82. The number of anilines is 1. The van der Waals surface area contributed by atoms with Gasteiger partial charge in [-0.1, -0.05) is 17.7 Å². The summed E-state index contributed by atoms with van der Waals surface area (Å²) in [4.78, 5) is 13.1. The van der Waals surface area contributed by atoms with Crippen molar-refractivity contribution in [2.45, 2.75) is 6.42 Å². The Kier molecular flexibility index (Phi) is 4.23. The molecular formula is C13H13ClN2OS. The number of carbonyl (C=O) groups excluding carboxylic acids is 1. The molecule has 0 fully saturated rings. The van der Waals surface area contributed by atoms with Gasteiger partial charge in [-0.2, -0.15) is 0 Å². The van der Waals surface area contributed by atoms with Gasteiger partial charge in [0.15, 0.2) is 0 Å². The van der Waals surface area contributed by atoms with Gasteiger partial charge in [0.2, 0.25) is 0 Å². The van der Waals surface area contributed by atoms with Crippen LogP contribution in [-0.2, 0) is 6.42 Å². The number of hydrogen-bond acceptors (Lipinski definition) is 3. The molecule has 1 aromatic heterocycles. The lowest BCUT2D eigenvalue weighted by Crippen LogP contribution is -2.26. The Labute approximate surface area is 115 Å². The maximum atomic E-state index is 11.9. The molecule has 0 saturated carbocycles. The Hall–Kier alpha value is -1.52. The first-order valence-electron chi connectivity index (χ1n) is 5.52. The van der Waals surface area contributed by atoms with Crippen molar-refractivity contribution in [3.05, 3.63) is 51.2 Å². The van der Waals surface area contributed by atoms with Gasteiger partial charge >= 0.3 is 0 Å². The van der Waals surface area contributed by atoms with E-state index in [1.54, 1.807) is 29.5 Å². The van der Waals surface area contributed by atoms with Crippen molar-refractivity contribution >= 4 is 34.5 Å². The normalized spacial score (nSPS) is 10.3. The summed E-state index contributed by atoms with van der Waals surface area (Å²) in [5, 5.41) is 5.36. The first-order chi connectivity index (χ1) is 8.66. The molecule has 0 radical (unpaired) electrons. The van der Waals surface area contributed by atoms with Gasteiger partial charge in [0, 0.05) is 22.1 Å². The highest BCUT2D eigenvalue weighted by Gasteiger charge is 2.09. The third-order valence-electron chi connectivity index (χ3n) is 2.50. The highest BCUT2D eigenvalue weighted by atomic mass is 35.5. The maximum Gasteiger partial charge on any atom is 0.253 e. The maximum absolute atomic E-state index is 11.9. The summed E-state index contributed by atoms with van der Waals surface area (Å²) in [5.41, 5.74) is 6.60. The van der Waals surface area contributed by atoms with Crippen molar-refractivity contribution in [3.8, 4) is 0 Å². The number of hydrogen-bond donors (Lipinski definition) is 2. The molecule has 1 amide bonds. The predicted molar refractivity (Wildman–Crippen MR) is 76.2 cm³/mol. The van der Waals surface area contributed by atoms with E-state index < -0.39 is 0 Å². The molecule has 0 aliphatic rings. The van der Waals surface area contributed by atoms with Crippen LogP contribution in [0.4, 0.5) is 5.69 Å². The molecule has 1 aromatic carbocycles. The van der Waals surface area contributed by atoms with Gasteiger partial charge in [-0.3, -0.25) is 4.79 Å². The third kappa shape index (κ3) is 3.24. The topological polar surface area (TPSA) is 55.1 Å². The van der Waals surface area contributed by atoms with Gasteiger partial charge in [0.1, 0.15) is 0 Å². The highest BCUT2D eigenvalue weighted by molar-refractivity contribution is 7.09. The van der Waals surface area contributed by atoms with E-state index in [9.17, 15) is 4.79 Å². The number of carbonyl (C=O) groups is 1. The Balaban J connectivity index is 1.93. The van der Waals surface area contributed by atoms with E-state index in [2.05, 4.69) is 5.32 Å². The lowest BCUT2D eigenvalue weighted by atomic mass is 10.1. The minimum absolute atomic E-state index is 0.188. The van der Waals surface area contributed by atoms with Crippen LogP contribution in [0.25, 0.3) is 0 Å². The zero-order valence-corrected chi connectivity index (χ0v) is 11.2. The summed E-state index contributed by atoms with van der Waals surface area (Å²) in [6.07, 6.45) is 0.823. The second-order valence-corrected chi connectivity index (χ2v) is 5.29. The van der Waals surface area contributed by atoms with Crippen LogP contribution in [0.2, 0.25) is 5.02 Å². The smallest absolute Gasteiger partial charge is 0.253 e. The molecule has 1 heterocycles. The number of nitrogens with one attached hydrogen (secondary N) is 1. The van der Waals surface area contributed by atoms with Gasteiger partial charge in [0.25, 0.3) is 5.91 Å². The lowest BCUT2D eigenvalue weighted by Gasteiger charge is -2.07. The van der Waals surface area contributed by atoms with Crippen molar-refractivity contribution in [1.82, 2.24) is 5.32 Å². The molecule has 0 saturated heterocycles. The van der Waals surface area contributed by atoms with Crippen molar-refractivity contribution in [2.24, 2.45) is 0 Å². The van der Waals surface area contributed by atoms with Crippen molar-refractivity contribution < 1.29 is 4.79 Å². The van der Waals surface area contributed by atoms with Gasteiger partial charge in [0.05, 0.1) is 5.56 Å². The van der Waals surface area contributed by atoms with Crippen LogP contribution < -0.4 is 11.1 Å². The molecule has 3 N–H and O–H groups in total. The Morgan fingerprint density at radius 3 is 2.94 bits per heavy atom. The molecule has 5 heteroatoms. The van der Waals surface area contributed by atoms with Gasteiger partial charge in [-0.05, 0) is 36.1 Å². The Morgan fingerprint density at radius 2 is 2.22 bits per heavy atom. The molecule has 0 aliphatic carbocycles. The number of benzene rings is 1. The number of amides is 1. The fourth-order valence-electron chi connectivity index (χ4n) is 1.57. The van der Waals surface area contributed by atoms with E-state index in [1.807, 2.05) is 17.5 Å². The number of thiophene rings is 1. The van der Waals surface area contributed by atoms with E-state index in [1.165, 1.54) is 4.88 Å². The zero-order chi connectivity index (χ0) is 13.0. The average Bonchev–Trinajstić information content (AvgIpc) is 2.85. The summed E-state index contributed by atoms with van der Waals surface area (Å²) < 4.78 is 0. The minimum atomic E-state index is -0.188. The molecule has 0 unspecified atom stereocenters. The Bertz CT molecular complexity index is 540. The van der Waals surface area contributed by atoms with Gasteiger partial charge in [-0.15, -0.1) is 11.3 Å². The van der Waals surface area contributed by atoms with E-state index >= 15 is 0 Å². The van der Waals surface area contributed by atoms with Crippen LogP contribution in [0.15, 0.2) is 35.7 Å². The number of nitrogens with two attached hydrogens (primary N) is 1. The summed E-state index contributed by atoms with van der Waals surface area (Å²) in [5.74, 6) is -0.188. The van der Waals surface area contributed by atoms with Crippen LogP contribution in [0.5, 0.6) is 0 Å².